The third-order valence-electron chi connectivity index (χ3n) is 18.2. The van der Waals surface area contributed by atoms with E-state index in [0.717, 1.165) is 74.0 Å². The van der Waals surface area contributed by atoms with Gasteiger partial charge in [-0.25, -0.2) is 13.6 Å². The Labute approximate surface area is 336 Å². The Morgan fingerprint density at radius 1 is 0.825 bits per heavy atom. The van der Waals surface area contributed by atoms with Crippen molar-refractivity contribution in [1.29, 1.82) is 0 Å². The molecule has 0 aliphatic heterocycles. The first-order valence-corrected chi connectivity index (χ1v) is 22.1. The lowest BCUT2D eigenvalue weighted by molar-refractivity contribution is -0.176. The molecule has 10 aliphatic carbocycles. The largest absolute Gasteiger partial charge is 0.393 e. The number of rotatable bonds is 8. The van der Waals surface area contributed by atoms with E-state index in [1.54, 1.807) is 0 Å². The number of nitrogens with one attached hydrogen (secondary N) is 1. The van der Waals surface area contributed by atoms with Gasteiger partial charge >= 0.3 is 6.03 Å². The number of nitrogens with zero attached hydrogens (tertiary/aromatic N) is 1. The van der Waals surface area contributed by atoms with E-state index < -0.39 is 39.6 Å². The van der Waals surface area contributed by atoms with Crippen LogP contribution < -0.4 is 5.32 Å². The maximum Gasteiger partial charge on any atom is 0.317 e. The standard InChI is InChI=1S/C49H60F2N2O4/c1-30(34-7-5-4-6-8-34)52-43(56)53(28-46-23-31-19-32(24-46)21-33(20-31)25-46)29-48(57)16-13-41-45(48,3)15-12-40-44(2)14-11-36(54)26-47(44)17-18-49(40,41)37(27-47)42(55)35-9-10-38(50)39(51)22-35/h4-10,17-18,22,27,30-33,36,40-41,54,57H,11-16,19-21,23-26,28-29H2,1-3H3,(H,52,56)/t30-,31?,32?,33?,36?,40-,41-,44-,45+,46?,47+,48-,49-/m1/s1. The van der Waals surface area contributed by atoms with E-state index in [4.69, 9.17) is 0 Å². The predicted molar refractivity (Wildman–Crippen MR) is 215 cm³/mol. The summed E-state index contributed by atoms with van der Waals surface area (Å²) in [5.41, 5.74) is -1.53. The number of hydrogen-bond donors (Lipinski definition) is 3. The Bertz CT molecular complexity index is 2020. The van der Waals surface area contributed by atoms with Crippen molar-refractivity contribution in [3.05, 3.63) is 95.1 Å². The lowest BCUT2D eigenvalue weighted by atomic mass is 9.32. The van der Waals surface area contributed by atoms with Gasteiger partial charge in [0.1, 0.15) is 0 Å². The molecule has 10 aliphatic rings. The Morgan fingerprint density at radius 2 is 1.47 bits per heavy atom. The first-order valence-electron chi connectivity index (χ1n) is 22.1. The van der Waals surface area contributed by atoms with Crippen LogP contribution in [0.25, 0.3) is 0 Å². The highest BCUT2D eigenvalue weighted by Crippen LogP contribution is 2.78. The molecule has 0 saturated heterocycles. The fourth-order valence-corrected chi connectivity index (χ4v) is 15.9. The van der Waals surface area contributed by atoms with Crippen LogP contribution in [0.2, 0.25) is 0 Å². The maximum atomic E-state index is 14.9. The summed E-state index contributed by atoms with van der Waals surface area (Å²) in [6, 6.07) is 13.2. The molecule has 0 aromatic heterocycles. The fourth-order valence-electron chi connectivity index (χ4n) is 15.9. The molecule has 0 radical (unpaired) electrons. The summed E-state index contributed by atoms with van der Waals surface area (Å²) in [7, 11) is 0. The van der Waals surface area contributed by atoms with Crippen LogP contribution in [0.1, 0.15) is 126 Å². The van der Waals surface area contributed by atoms with E-state index >= 15 is 0 Å². The third kappa shape index (κ3) is 5.43. The van der Waals surface area contributed by atoms with Crippen molar-refractivity contribution < 1.29 is 28.6 Å². The van der Waals surface area contributed by atoms with E-state index in [9.17, 15) is 28.6 Å². The van der Waals surface area contributed by atoms with Crippen molar-refractivity contribution in [1.82, 2.24) is 10.2 Å². The molecule has 9 atom stereocenters. The lowest BCUT2D eigenvalue weighted by Gasteiger charge is -2.71. The second-order valence-corrected chi connectivity index (χ2v) is 21.1. The van der Waals surface area contributed by atoms with Crippen LogP contribution in [0.3, 0.4) is 0 Å². The molecule has 57 heavy (non-hydrogen) atoms. The van der Waals surface area contributed by atoms with Crippen LogP contribution in [0, 0.1) is 68.3 Å². The van der Waals surface area contributed by atoms with Gasteiger partial charge in [0, 0.05) is 33.9 Å². The molecule has 7 saturated carbocycles. The molecule has 304 valence electrons. The summed E-state index contributed by atoms with van der Waals surface area (Å²) < 4.78 is 29.0. The van der Waals surface area contributed by atoms with E-state index in [-0.39, 0.29) is 52.6 Å². The van der Waals surface area contributed by atoms with Crippen LogP contribution in [0.5, 0.6) is 0 Å². The second-order valence-electron chi connectivity index (χ2n) is 21.1. The Hall–Kier alpha value is -3.36. The molecule has 2 aromatic rings. The van der Waals surface area contributed by atoms with Gasteiger partial charge in [0.15, 0.2) is 17.4 Å². The number of halogens is 2. The molecule has 0 heterocycles. The third-order valence-corrected chi connectivity index (χ3v) is 18.2. The first-order chi connectivity index (χ1) is 27.1. The summed E-state index contributed by atoms with van der Waals surface area (Å²) >= 11 is 0. The van der Waals surface area contributed by atoms with E-state index in [2.05, 4.69) is 37.4 Å². The Balaban J connectivity index is 1.03. The van der Waals surface area contributed by atoms with Gasteiger partial charge in [0.2, 0.25) is 0 Å². The van der Waals surface area contributed by atoms with Gasteiger partial charge in [-0.3, -0.25) is 4.79 Å². The molecular weight excluding hydrogens is 719 g/mol. The highest BCUT2D eigenvalue weighted by atomic mass is 19.2. The molecule has 2 amide bonds. The number of aliphatic hydroxyl groups excluding tert-OH is 1. The zero-order valence-corrected chi connectivity index (χ0v) is 33.9. The molecule has 8 heteroatoms. The molecule has 1 unspecified atom stereocenters. The molecule has 3 N–H and O–H groups in total. The highest BCUT2D eigenvalue weighted by Gasteiger charge is 2.74. The summed E-state index contributed by atoms with van der Waals surface area (Å²) in [5, 5.41) is 27.8. The zero-order valence-electron chi connectivity index (χ0n) is 33.9. The summed E-state index contributed by atoms with van der Waals surface area (Å²) in [6.45, 7) is 7.44. The van der Waals surface area contributed by atoms with Crippen LogP contribution in [0.15, 0.2) is 72.3 Å². The number of aliphatic hydroxyl groups is 2. The van der Waals surface area contributed by atoms with Gasteiger partial charge in [-0.2, -0.15) is 0 Å². The van der Waals surface area contributed by atoms with Crippen molar-refractivity contribution in [2.24, 2.45) is 56.7 Å². The predicted octanol–water partition coefficient (Wildman–Crippen LogP) is 9.73. The van der Waals surface area contributed by atoms with E-state index in [0.29, 0.717) is 37.8 Å². The van der Waals surface area contributed by atoms with Crippen molar-refractivity contribution in [3.63, 3.8) is 0 Å². The minimum absolute atomic E-state index is 0.0651. The molecular formula is C49H60F2N2O4. The van der Waals surface area contributed by atoms with Gasteiger partial charge in [-0.15, -0.1) is 0 Å². The fraction of sp³-hybridized carbons (Fsp3) is 0.633. The van der Waals surface area contributed by atoms with Gasteiger partial charge in [-0.1, -0.05) is 62.4 Å². The minimum atomic E-state index is -1.22. The van der Waals surface area contributed by atoms with E-state index in [1.165, 1.54) is 25.3 Å². The number of hydrogen-bond acceptors (Lipinski definition) is 4. The Kier molecular flexibility index (Phi) is 8.52. The Morgan fingerprint density at radius 3 is 2.16 bits per heavy atom. The van der Waals surface area contributed by atoms with Crippen molar-refractivity contribution in [2.45, 2.75) is 122 Å². The van der Waals surface area contributed by atoms with Gasteiger partial charge in [0.25, 0.3) is 0 Å². The molecule has 6 nitrogen and oxygen atoms in total. The number of amides is 2. The molecule has 2 aromatic carbocycles. The molecule has 2 spiro atoms. The number of Topliss-reactive ketones (excluding diaryl/α,β-unsaturated/α-hetero) is 1. The number of carbonyl (C=O) groups is 2. The average Bonchev–Trinajstić information content (AvgIpc) is 3.44. The van der Waals surface area contributed by atoms with Crippen molar-refractivity contribution in [2.75, 3.05) is 13.1 Å². The topological polar surface area (TPSA) is 89.9 Å². The quantitative estimate of drug-likeness (QED) is 0.184. The summed E-state index contributed by atoms with van der Waals surface area (Å²) in [6.07, 6.45) is 18.3. The SMILES string of the molecule is C[C@@H](NC(=O)N(CC12CC3CC(CC(C3)C1)C2)C[C@]1(O)CC[C@H]2[C@]34C=C[C@@]5(C=C3C(=O)c3ccc(F)c(F)c3)CC(O)CC[C@]5(C)[C@H]4CC[C@@]21C)c1ccccc1. The summed E-state index contributed by atoms with van der Waals surface area (Å²) in [5.74, 6) is -0.220. The van der Waals surface area contributed by atoms with Gasteiger partial charge in [0.05, 0.1) is 24.3 Å². The van der Waals surface area contributed by atoms with Crippen LogP contribution >= 0.6 is 0 Å². The lowest BCUT2D eigenvalue weighted by Crippen LogP contribution is -2.67. The van der Waals surface area contributed by atoms with Crippen molar-refractivity contribution in [3.8, 4) is 0 Å². The monoisotopic (exact) mass is 778 g/mol. The normalized spacial score (nSPS) is 43.8. The second kappa shape index (κ2) is 12.8. The summed E-state index contributed by atoms with van der Waals surface area (Å²) in [4.78, 5) is 31.6. The zero-order chi connectivity index (χ0) is 39.8. The molecule has 12 rings (SSSR count). The van der Waals surface area contributed by atoms with Crippen LogP contribution in [0.4, 0.5) is 13.6 Å². The first kappa shape index (κ1) is 37.9. The van der Waals surface area contributed by atoms with Crippen molar-refractivity contribution >= 4 is 11.8 Å². The number of benzene rings is 2. The molecule has 7 fully saturated rings. The number of fused-ring (bicyclic) bond motifs is 1. The smallest absolute Gasteiger partial charge is 0.317 e. The highest BCUT2D eigenvalue weighted by molar-refractivity contribution is 6.10. The number of ketones is 1. The minimum Gasteiger partial charge on any atom is -0.393 e. The van der Waals surface area contributed by atoms with Crippen LogP contribution in [-0.4, -0.2) is 51.7 Å². The maximum absolute atomic E-state index is 14.9. The van der Waals surface area contributed by atoms with Crippen LogP contribution in [-0.2, 0) is 0 Å². The number of allylic oxidation sites excluding steroid dienone is 4. The van der Waals surface area contributed by atoms with Gasteiger partial charge in [-0.05, 0) is 155 Å². The number of carbonyl (C=O) groups excluding carboxylic acids is 2. The number of urea groups is 1. The van der Waals surface area contributed by atoms with Gasteiger partial charge < -0.3 is 20.4 Å². The average molecular weight is 779 g/mol. The van der Waals surface area contributed by atoms with E-state index in [1.807, 2.05) is 42.2 Å². The molecule has 6 bridgehead atoms.